The first-order chi connectivity index (χ1) is 6.66. The second-order valence-electron chi connectivity index (χ2n) is 3.61. The second-order valence-corrected chi connectivity index (χ2v) is 4.92. The Balaban J connectivity index is 2.94. The molecule has 2 heteroatoms. The molecule has 0 saturated heterocycles. The highest BCUT2D eigenvalue weighted by Crippen LogP contribution is 2.29. The third-order valence-corrected chi connectivity index (χ3v) is 3.42. The van der Waals surface area contributed by atoms with Crippen molar-refractivity contribution in [2.24, 2.45) is 0 Å². The van der Waals surface area contributed by atoms with Gasteiger partial charge in [0.25, 0.3) is 0 Å². The van der Waals surface area contributed by atoms with Crippen LogP contribution < -0.4 is 0 Å². The molecule has 1 aromatic rings. The molecule has 0 saturated carbocycles. The van der Waals surface area contributed by atoms with Gasteiger partial charge < -0.3 is 4.90 Å². The van der Waals surface area contributed by atoms with Gasteiger partial charge in [0.2, 0.25) is 0 Å². The lowest BCUT2D eigenvalue weighted by Crippen LogP contribution is -2.17. The molecule has 1 rings (SSSR count). The van der Waals surface area contributed by atoms with Crippen LogP contribution in [0, 0.1) is 0 Å². The van der Waals surface area contributed by atoms with Crippen LogP contribution in [0.2, 0.25) is 0 Å². The Morgan fingerprint density at radius 2 is 1.93 bits per heavy atom. The zero-order valence-electron chi connectivity index (χ0n) is 9.45. The van der Waals surface area contributed by atoms with Gasteiger partial charge in [0.05, 0.1) is 0 Å². The lowest BCUT2D eigenvalue weighted by molar-refractivity contribution is 0.317. The smallest absolute Gasteiger partial charge is 0.0324 e. The third kappa shape index (κ3) is 2.76. The van der Waals surface area contributed by atoms with E-state index >= 15 is 0 Å². The summed E-state index contributed by atoms with van der Waals surface area (Å²) in [6, 6.07) is 9.16. The summed E-state index contributed by atoms with van der Waals surface area (Å²) in [5, 5.41) is 0. The molecule has 0 spiro atoms. The van der Waals surface area contributed by atoms with E-state index in [1.54, 1.807) is 0 Å². The average molecular weight is 209 g/mol. The Labute approximate surface area is 91.5 Å². The summed E-state index contributed by atoms with van der Waals surface area (Å²) in [4.78, 5) is 3.66. The van der Waals surface area contributed by atoms with Crippen LogP contribution in [-0.2, 0) is 0 Å². The molecule has 0 unspecified atom stereocenters. The summed E-state index contributed by atoms with van der Waals surface area (Å²) >= 11 is 1.92. The van der Waals surface area contributed by atoms with Crippen LogP contribution >= 0.6 is 11.8 Å². The Kier molecular flexibility index (Phi) is 4.49. The minimum absolute atomic E-state index is 0.491. The SMILES string of the molecule is CCSc1ccccc1[C@@H](C)N(C)C. The van der Waals surface area contributed by atoms with Gasteiger partial charge in [0, 0.05) is 10.9 Å². The van der Waals surface area contributed by atoms with E-state index in [-0.39, 0.29) is 0 Å². The van der Waals surface area contributed by atoms with Crippen LogP contribution in [0.25, 0.3) is 0 Å². The van der Waals surface area contributed by atoms with Gasteiger partial charge >= 0.3 is 0 Å². The Morgan fingerprint density at radius 1 is 1.29 bits per heavy atom. The van der Waals surface area contributed by atoms with Gasteiger partial charge in [-0.2, -0.15) is 0 Å². The monoisotopic (exact) mass is 209 g/mol. The van der Waals surface area contributed by atoms with Crippen molar-refractivity contribution >= 4 is 11.8 Å². The van der Waals surface area contributed by atoms with Crippen molar-refractivity contribution in [3.05, 3.63) is 29.8 Å². The van der Waals surface area contributed by atoms with Gasteiger partial charge in [-0.15, -0.1) is 11.8 Å². The molecule has 0 amide bonds. The predicted molar refractivity (Wildman–Crippen MR) is 64.9 cm³/mol. The van der Waals surface area contributed by atoms with Crippen LogP contribution in [0.3, 0.4) is 0 Å². The van der Waals surface area contributed by atoms with Gasteiger partial charge in [-0.05, 0) is 38.4 Å². The third-order valence-electron chi connectivity index (χ3n) is 2.44. The summed E-state index contributed by atoms with van der Waals surface area (Å²) < 4.78 is 0. The molecule has 14 heavy (non-hydrogen) atoms. The van der Waals surface area contributed by atoms with E-state index in [0.29, 0.717) is 6.04 Å². The quantitative estimate of drug-likeness (QED) is 0.699. The first-order valence-corrected chi connectivity index (χ1v) is 6.03. The minimum Gasteiger partial charge on any atom is -0.303 e. The van der Waals surface area contributed by atoms with E-state index in [0.717, 1.165) is 5.75 Å². The number of hydrogen-bond acceptors (Lipinski definition) is 2. The topological polar surface area (TPSA) is 3.24 Å². The fraction of sp³-hybridized carbons (Fsp3) is 0.500. The van der Waals surface area contributed by atoms with Crippen molar-refractivity contribution in [3.8, 4) is 0 Å². The zero-order chi connectivity index (χ0) is 10.6. The fourth-order valence-corrected chi connectivity index (χ4v) is 2.28. The van der Waals surface area contributed by atoms with Crippen molar-refractivity contribution in [1.29, 1.82) is 0 Å². The van der Waals surface area contributed by atoms with Crippen LogP contribution in [0.4, 0.5) is 0 Å². The molecule has 0 bridgehead atoms. The minimum atomic E-state index is 0.491. The standard InChI is InChI=1S/C12H19NS/c1-5-14-12-9-7-6-8-11(12)10(2)13(3)4/h6-10H,5H2,1-4H3/t10-/m1/s1. The molecule has 1 atom stereocenters. The van der Waals surface area contributed by atoms with Crippen molar-refractivity contribution in [2.75, 3.05) is 19.8 Å². The molecule has 0 aliphatic carbocycles. The van der Waals surface area contributed by atoms with Crippen molar-refractivity contribution < 1.29 is 0 Å². The lowest BCUT2D eigenvalue weighted by Gasteiger charge is -2.22. The first kappa shape index (κ1) is 11.6. The Morgan fingerprint density at radius 3 is 2.50 bits per heavy atom. The van der Waals surface area contributed by atoms with Gasteiger partial charge in [-0.1, -0.05) is 25.1 Å². The van der Waals surface area contributed by atoms with Crippen LogP contribution in [0.5, 0.6) is 0 Å². The van der Waals surface area contributed by atoms with Crippen molar-refractivity contribution in [3.63, 3.8) is 0 Å². The number of thioether (sulfide) groups is 1. The summed E-state index contributed by atoms with van der Waals surface area (Å²) in [6.07, 6.45) is 0. The van der Waals surface area contributed by atoms with Crippen LogP contribution in [0.15, 0.2) is 29.2 Å². The highest BCUT2D eigenvalue weighted by Gasteiger charge is 2.11. The maximum atomic E-state index is 2.25. The lowest BCUT2D eigenvalue weighted by atomic mass is 10.1. The number of benzene rings is 1. The maximum absolute atomic E-state index is 2.25. The Bertz CT molecular complexity index is 283. The number of rotatable bonds is 4. The second kappa shape index (κ2) is 5.42. The molecule has 0 fully saturated rings. The molecular weight excluding hydrogens is 190 g/mol. The Hall–Kier alpha value is -0.470. The van der Waals surface area contributed by atoms with E-state index in [1.165, 1.54) is 10.5 Å². The summed E-state index contributed by atoms with van der Waals surface area (Å²) in [5.74, 6) is 1.14. The summed E-state index contributed by atoms with van der Waals surface area (Å²) in [6.45, 7) is 4.44. The van der Waals surface area contributed by atoms with Gasteiger partial charge in [-0.3, -0.25) is 0 Å². The van der Waals surface area contributed by atoms with E-state index in [9.17, 15) is 0 Å². The number of hydrogen-bond donors (Lipinski definition) is 0. The van der Waals surface area contributed by atoms with E-state index in [1.807, 2.05) is 11.8 Å². The molecule has 0 heterocycles. The molecular formula is C12H19NS. The highest BCUT2D eigenvalue weighted by atomic mass is 32.2. The molecule has 0 aromatic heterocycles. The molecule has 0 N–H and O–H groups in total. The first-order valence-electron chi connectivity index (χ1n) is 5.05. The van der Waals surface area contributed by atoms with Gasteiger partial charge in [0.1, 0.15) is 0 Å². The van der Waals surface area contributed by atoms with E-state index in [2.05, 4.69) is 57.1 Å². The average Bonchev–Trinajstić information content (AvgIpc) is 2.18. The fourth-order valence-electron chi connectivity index (χ4n) is 1.39. The zero-order valence-corrected chi connectivity index (χ0v) is 10.3. The highest BCUT2D eigenvalue weighted by molar-refractivity contribution is 7.99. The molecule has 1 nitrogen and oxygen atoms in total. The molecule has 0 aliphatic rings. The van der Waals surface area contributed by atoms with E-state index < -0.39 is 0 Å². The molecule has 0 aliphatic heterocycles. The molecule has 0 radical (unpaired) electrons. The molecule has 1 aromatic carbocycles. The summed E-state index contributed by atoms with van der Waals surface area (Å²) in [5.41, 5.74) is 1.43. The van der Waals surface area contributed by atoms with Crippen molar-refractivity contribution in [1.82, 2.24) is 4.90 Å². The van der Waals surface area contributed by atoms with Crippen LogP contribution in [0.1, 0.15) is 25.5 Å². The van der Waals surface area contributed by atoms with Crippen LogP contribution in [-0.4, -0.2) is 24.7 Å². The normalized spacial score (nSPS) is 13.2. The van der Waals surface area contributed by atoms with E-state index in [4.69, 9.17) is 0 Å². The summed E-state index contributed by atoms with van der Waals surface area (Å²) in [7, 11) is 4.25. The maximum Gasteiger partial charge on any atom is 0.0324 e. The van der Waals surface area contributed by atoms with Gasteiger partial charge in [-0.25, -0.2) is 0 Å². The number of nitrogens with zero attached hydrogens (tertiary/aromatic N) is 1. The predicted octanol–water partition coefficient (Wildman–Crippen LogP) is 3.42. The van der Waals surface area contributed by atoms with Crippen molar-refractivity contribution in [2.45, 2.75) is 24.8 Å². The molecule has 78 valence electrons. The largest absolute Gasteiger partial charge is 0.303 e. The van der Waals surface area contributed by atoms with Gasteiger partial charge in [0.15, 0.2) is 0 Å².